The summed E-state index contributed by atoms with van der Waals surface area (Å²) < 4.78 is 20.1. The van der Waals surface area contributed by atoms with E-state index in [9.17, 15) is 4.39 Å². The van der Waals surface area contributed by atoms with Gasteiger partial charge in [-0.05, 0) is 48.9 Å². The molecule has 0 heterocycles. The molecule has 0 aromatic heterocycles. The van der Waals surface area contributed by atoms with Gasteiger partial charge in [-0.15, -0.1) is 0 Å². The van der Waals surface area contributed by atoms with Gasteiger partial charge in [0.25, 0.3) is 0 Å². The van der Waals surface area contributed by atoms with Crippen LogP contribution >= 0.6 is 15.9 Å². The van der Waals surface area contributed by atoms with Crippen LogP contribution in [0.3, 0.4) is 0 Å². The molecule has 3 nitrogen and oxygen atoms in total. The first kappa shape index (κ1) is 13.9. The minimum atomic E-state index is -0.205. The van der Waals surface area contributed by atoms with Crippen LogP contribution in [0.2, 0.25) is 0 Å². The number of rotatable bonds is 6. The van der Waals surface area contributed by atoms with Crippen molar-refractivity contribution in [2.75, 3.05) is 7.11 Å². The lowest BCUT2D eigenvalue weighted by atomic mass is 9.98. The first-order valence-electron chi connectivity index (χ1n) is 6.08. The SMILES string of the molecule is COC(C1CC1)C(Cc1cc(Br)ccc1F)NN. The summed E-state index contributed by atoms with van der Waals surface area (Å²) in [6.07, 6.45) is 2.90. The zero-order valence-corrected chi connectivity index (χ0v) is 11.9. The first-order valence-corrected chi connectivity index (χ1v) is 6.88. The maximum absolute atomic E-state index is 13.7. The lowest BCUT2D eigenvalue weighted by molar-refractivity contribution is 0.0508. The monoisotopic (exact) mass is 316 g/mol. The Kier molecular flexibility index (Phi) is 4.72. The van der Waals surface area contributed by atoms with Crippen LogP contribution in [0, 0.1) is 11.7 Å². The Hall–Kier alpha value is -0.490. The summed E-state index contributed by atoms with van der Waals surface area (Å²) in [5, 5.41) is 0. The molecule has 1 saturated carbocycles. The van der Waals surface area contributed by atoms with Crippen LogP contribution in [0.15, 0.2) is 22.7 Å². The van der Waals surface area contributed by atoms with Gasteiger partial charge in [-0.2, -0.15) is 0 Å². The molecule has 1 aliphatic carbocycles. The fourth-order valence-electron chi connectivity index (χ4n) is 2.32. The van der Waals surface area contributed by atoms with Gasteiger partial charge in [0.15, 0.2) is 0 Å². The summed E-state index contributed by atoms with van der Waals surface area (Å²) >= 11 is 3.35. The van der Waals surface area contributed by atoms with Crippen molar-refractivity contribution in [1.82, 2.24) is 5.43 Å². The average Bonchev–Trinajstić information content (AvgIpc) is 3.17. The molecular formula is C13H18BrFN2O. The Morgan fingerprint density at radius 3 is 2.83 bits per heavy atom. The lowest BCUT2D eigenvalue weighted by Gasteiger charge is -2.25. The molecule has 3 N–H and O–H groups in total. The minimum Gasteiger partial charge on any atom is -0.379 e. The largest absolute Gasteiger partial charge is 0.379 e. The summed E-state index contributed by atoms with van der Waals surface area (Å²) in [6, 6.07) is 4.88. The number of ether oxygens (including phenoxy) is 1. The summed E-state index contributed by atoms with van der Waals surface area (Å²) in [7, 11) is 1.69. The van der Waals surface area contributed by atoms with Gasteiger partial charge in [-0.3, -0.25) is 11.3 Å². The number of nitrogens with one attached hydrogen (secondary N) is 1. The smallest absolute Gasteiger partial charge is 0.126 e. The molecule has 2 atom stereocenters. The number of hydrogen-bond donors (Lipinski definition) is 2. The highest BCUT2D eigenvalue weighted by molar-refractivity contribution is 9.10. The third kappa shape index (κ3) is 3.29. The molecule has 2 rings (SSSR count). The van der Waals surface area contributed by atoms with E-state index in [0.717, 1.165) is 17.3 Å². The molecule has 5 heteroatoms. The Balaban J connectivity index is 2.11. The quantitative estimate of drug-likeness (QED) is 0.626. The van der Waals surface area contributed by atoms with Gasteiger partial charge in [0, 0.05) is 11.6 Å². The molecule has 1 aliphatic rings. The van der Waals surface area contributed by atoms with Crippen LogP contribution in [0.1, 0.15) is 18.4 Å². The Labute approximate surface area is 115 Å². The van der Waals surface area contributed by atoms with Crippen molar-refractivity contribution in [3.05, 3.63) is 34.1 Å². The standard InChI is InChI=1S/C13H18BrFN2O/c1-18-13(8-2-3-8)12(17-16)7-9-6-10(14)4-5-11(9)15/h4-6,8,12-13,17H,2-3,7,16H2,1H3. The molecule has 0 bridgehead atoms. The Bertz CT molecular complexity index is 412. The minimum absolute atomic E-state index is 0.0494. The van der Waals surface area contributed by atoms with Gasteiger partial charge in [0.1, 0.15) is 5.82 Å². The highest BCUT2D eigenvalue weighted by Gasteiger charge is 2.36. The second-order valence-corrected chi connectivity index (χ2v) is 5.67. The molecule has 0 spiro atoms. The first-order chi connectivity index (χ1) is 8.65. The third-order valence-electron chi connectivity index (χ3n) is 3.42. The van der Waals surface area contributed by atoms with Crippen molar-refractivity contribution in [2.45, 2.75) is 31.4 Å². The number of nitrogens with two attached hydrogens (primary N) is 1. The van der Waals surface area contributed by atoms with Crippen LogP contribution in [-0.2, 0) is 11.2 Å². The van der Waals surface area contributed by atoms with Crippen LogP contribution in [0.5, 0.6) is 0 Å². The van der Waals surface area contributed by atoms with Gasteiger partial charge in [0.2, 0.25) is 0 Å². The van der Waals surface area contributed by atoms with Crippen molar-refractivity contribution in [3.63, 3.8) is 0 Å². The molecule has 1 aromatic carbocycles. The summed E-state index contributed by atoms with van der Waals surface area (Å²) in [5.74, 6) is 5.93. The van der Waals surface area contributed by atoms with E-state index in [1.54, 1.807) is 19.2 Å². The van der Waals surface area contributed by atoms with E-state index >= 15 is 0 Å². The van der Waals surface area contributed by atoms with Crippen molar-refractivity contribution in [1.29, 1.82) is 0 Å². The van der Waals surface area contributed by atoms with Gasteiger partial charge in [0.05, 0.1) is 12.1 Å². The number of hydrazine groups is 1. The molecule has 0 radical (unpaired) electrons. The summed E-state index contributed by atoms with van der Waals surface area (Å²) in [5.41, 5.74) is 3.41. The van der Waals surface area contributed by atoms with E-state index in [-0.39, 0.29) is 18.0 Å². The van der Waals surface area contributed by atoms with Crippen molar-refractivity contribution < 1.29 is 9.13 Å². The lowest BCUT2D eigenvalue weighted by Crippen LogP contribution is -2.47. The fraction of sp³-hybridized carbons (Fsp3) is 0.538. The third-order valence-corrected chi connectivity index (χ3v) is 3.91. The van der Waals surface area contributed by atoms with E-state index in [2.05, 4.69) is 21.4 Å². The van der Waals surface area contributed by atoms with Crippen molar-refractivity contribution in [3.8, 4) is 0 Å². The van der Waals surface area contributed by atoms with Crippen molar-refractivity contribution >= 4 is 15.9 Å². The molecule has 1 aromatic rings. The molecule has 0 amide bonds. The zero-order chi connectivity index (χ0) is 13.1. The molecule has 0 aliphatic heterocycles. The molecular weight excluding hydrogens is 299 g/mol. The van der Waals surface area contributed by atoms with Crippen LogP contribution in [-0.4, -0.2) is 19.3 Å². The van der Waals surface area contributed by atoms with Gasteiger partial charge < -0.3 is 4.74 Å². The molecule has 18 heavy (non-hydrogen) atoms. The number of hydrogen-bond acceptors (Lipinski definition) is 3. The number of methoxy groups -OCH3 is 1. The highest BCUT2D eigenvalue weighted by Crippen LogP contribution is 2.36. The summed E-state index contributed by atoms with van der Waals surface area (Å²) in [4.78, 5) is 0. The Morgan fingerprint density at radius 1 is 1.56 bits per heavy atom. The van der Waals surface area contributed by atoms with Gasteiger partial charge in [-0.25, -0.2) is 4.39 Å². The van der Waals surface area contributed by atoms with Crippen molar-refractivity contribution in [2.24, 2.45) is 11.8 Å². The normalized spacial score (nSPS) is 18.7. The number of halogens is 2. The summed E-state index contributed by atoms with van der Waals surface area (Å²) in [6.45, 7) is 0. The predicted octanol–water partition coefficient (Wildman–Crippen LogP) is 2.39. The zero-order valence-electron chi connectivity index (χ0n) is 10.3. The predicted molar refractivity (Wildman–Crippen MR) is 72.4 cm³/mol. The highest BCUT2D eigenvalue weighted by atomic mass is 79.9. The fourth-order valence-corrected chi connectivity index (χ4v) is 2.73. The number of benzene rings is 1. The molecule has 100 valence electrons. The second-order valence-electron chi connectivity index (χ2n) is 4.75. The van der Waals surface area contributed by atoms with E-state index in [4.69, 9.17) is 10.6 Å². The van der Waals surface area contributed by atoms with Crippen LogP contribution in [0.25, 0.3) is 0 Å². The van der Waals surface area contributed by atoms with E-state index in [1.165, 1.54) is 6.07 Å². The molecule has 0 saturated heterocycles. The topological polar surface area (TPSA) is 47.3 Å². The second kappa shape index (κ2) is 6.10. The molecule has 1 fully saturated rings. The maximum Gasteiger partial charge on any atom is 0.126 e. The average molecular weight is 317 g/mol. The van der Waals surface area contributed by atoms with E-state index < -0.39 is 0 Å². The van der Waals surface area contributed by atoms with Crippen LogP contribution < -0.4 is 11.3 Å². The molecule has 2 unspecified atom stereocenters. The van der Waals surface area contributed by atoms with E-state index in [0.29, 0.717) is 17.9 Å². The van der Waals surface area contributed by atoms with Gasteiger partial charge >= 0.3 is 0 Å². The van der Waals surface area contributed by atoms with E-state index in [1.807, 2.05) is 0 Å². The van der Waals surface area contributed by atoms with Crippen LogP contribution in [0.4, 0.5) is 4.39 Å². The maximum atomic E-state index is 13.7. The Morgan fingerprint density at radius 2 is 2.28 bits per heavy atom. The van der Waals surface area contributed by atoms with Gasteiger partial charge in [-0.1, -0.05) is 15.9 Å².